The molecule has 2 atom stereocenters. The summed E-state index contributed by atoms with van der Waals surface area (Å²) in [4.78, 5) is 14.5. The van der Waals surface area contributed by atoms with E-state index in [-0.39, 0.29) is 12.6 Å². The summed E-state index contributed by atoms with van der Waals surface area (Å²) < 4.78 is 0. The normalized spacial score (nSPS) is 14.5. The van der Waals surface area contributed by atoms with Crippen LogP contribution < -0.4 is 11.1 Å². The van der Waals surface area contributed by atoms with Gasteiger partial charge in [0.05, 0.1) is 0 Å². The highest BCUT2D eigenvalue weighted by Crippen LogP contribution is 2.09. The van der Waals surface area contributed by atoms with E-state index >= 15 is 0 Å². The highest BCUT2D eigenvalue weighted by atomic mass is 16.3. The molecule has 0 fully saturated rings. The molecule has 0 aliphatic rings. The number of primary amides is 1. The highest BCUT2D eigenvalue weighted by Gasteiger charge is 2.12. The molecule has 5 heteroatoms. The Morgan fingerprint density at radius 2 is 2.47 bits per heavy atom. The molecule has 5 nitrogen and oxygen atoms in total. The van der Waals surface area contributed by atoms with Gasteiger partial charge in [0, 0.05) is 25.0 Å². The van der Waals surface area contributed by atoms with Gasteiger partial charge in [-0.3, -0.25) is 9.78 Å². The number of pyridine rings is 1. The topological polar surface area (TPSA) is 88.2 Å². The predicted molar refractivity (Wildman–Crippen MR) is 55.9 cm³/mol. The molecule has 82 valence electrons. The van der Waals surface area contributed by atoms with Gasteiger partial charge in [0.15, 0.2) is 0 Å². The van der Waals surface area contributed by atoms with E-state index in [1.807, 2.05) is 19.1 Å². The third-order valence-corrected chi connectivity index (χ3v) is 2.13. The monoisotopic (exact) mass is 209 g/mol. The molecule has 1 aromatic rings. The van der Waals surface area contributed by atoms with Crippen LogP contribution in [0.5, 0.6) is 0 Å². The Balaban J connectivity index is 2.43. The van der Waals surface area contributed by atoms with Crippen LogP contribution in [0.15, 0.2) is 24.5 Å². The lowest BCUT2D eigenvalue weighted by Gasteiger charge is -2.15. The van der Waals surface area contributed by atoms with E-state index in [1.165, 1.54) is 0 Å². The molecule has 1 heterocycles. The fraction of sp³-hybridized carbons (Fsp3) is 0.400. The Hall–Kier alpha value is -1.46. The molecule has 0 bridgehead atoms. The number of aliphatic hydroxyl groups excluding tert-OH is 1. The van der Waals surface area contributed by atoms with Crippen molar-refractivity contribution < 1.29 is 9.90 Å². The van der Waals surface area contributed by atoms with Crippen molar-refractivity contribution in [2.75, 3.05) is 6.54 Å². The number of hydrogen-bond donors (Lipinski definition) is 3. The molecule has 0 spiro atoms. The Labute approximate surface area is 88.3 Å². The van der Waals surface area contributed by atoms with Crippen molar-refractivity contribution in [3.05, 3.63) is 30.1 Å². The lowest BCUT2D eigenvalue weighted by molar-refractivity contribution is -0.125. The van der Waals surface area contributed by atoms with E-state index in [2.05, 4.69) is 10.3 Å². The zero-order valence-corrected chi connectivity index (χ0v) is 8.55. The number of nitrogens with two attached hydrogens (primary N) is 1. The number of carbonyl (C=O) groups excluding carboxylic acids is 1. The number of hydrogen-bond acceptors (Lipinski definition) is 4. The minimum Gasteiger partial charge on any atom is -0.382 e. The standard InChI is InChI=1S/C10H15N3O2/c1-7(8-3-2-4-12-5-8)13-6-9(14)10(11)15/h2-5,7,9,13-14H,6H2,1H3,(H2,11,15). The Morgan fingerprint density at radius 3 is 3.00 bits per heavy atom. The maximum absolute atomic E-state index is 10.6. The zero-order chi connectivity index (χ0) is 11.3. The molecule has 1 rings (SSSR count). The summed E-state index contributed by atoms with van der Waals surface area (Å²) in [5.41, 5.74) is 5.91. The molecule has 1 amide bonds. The summed E-state index contributed by atoms with van der Waals surface area (Å²) in [7, 11) is 0. The van der Waals surface area contributed by atoms with Gasteiger partial charge in [-0.2, -0.15) is 0 Å². The maximum atomic E-state index is 10.6. The van der Waals surface area contributed by atoms with E-state index in [4.69, 9.17) is 10.8 Å². The summed E-state index contributed by atoms with van der Waals surface area (Å²) in [6.07, 6.45) is 2.27. The summed E-state index contributed by atoms with van der Waals surface area (Å²) in [5.74, 6) is -0.721. The molecule has 0 saturated heterocycles. The first kappa shape index (κ1) is 11.6. The van der Waals surface area contributed by atoms with Crippen LogP contribution in [0, 0.1) is 0 Å². The molecule has 2 unspecified atom stereocenters. The number of aromatic nitrogens is 1. The van der Waals surface area contributed by atoms with Gasteiger partial charge in [0.2, 0.25) is 5.91 Å². The highest BCUT2D eigenvalue weighted by molar-refractivity contribution is 5.78. The van der Waals surface area contributed by atoms with Crippen LogP contribution >= 0.6 is 0 Å². The summed E-state index contributed by atoms with van der Waals surface area (Å²) in [6, 6.07) is 3.77. The number of rotatable bonds is 5. The third-order valence-electron chi connectivity index (χ3n) is 2.13. The summed E-state index contributed by atoms with van der Waals surface area (Å²) in [5, 5.41) is 12.2. The zero-order valence-electron chi connectivity index (χ0n) is 8.55. The SMILES string of the molecule is CC(NCC(O)C(N)=O)c1cccnc1. The van der Waals surface area contributed by atoms with Crippen LogP contribution in [-0.2, 0) is 4.79 Å². The number of nitrogens with one attached hydrogen (secondary N) is 1. The quantitative estimate of drug-likeness (QED) is 0.614. The van der Waals surface area contributed by atoms with Crippen LogP contribution in [-0.4, -0.2) is 28.6 Å². The molecular formula is C10H15N3O2. The molecule has 0 aliphatic heterocycles. The number of aliphatic hydroxyl groups is 1. The van der Waals surface area contributed by atoms with Crippen molar-refractivity contribution in [1.82, 2.24) is 10.3 Å². The summed E-state index contributed by atoms with van der Waals surface area (Å²) >= 11 is 0. The van der Waals surface area contributed by atoms with Crippen molar-refractivity contribution >= 4 is 5.91 Å². The molecule has 4 N–H and O–H groups in total. The molecule has 0 aliphatic carbocycles. The maximum Gasteiger partial charge on any atom is 0.247 e. The van der Waals surface area contributed by atoms with E-state index in [0.717, 1.165) is 5.56 Å². The second-order valence-corrected chi connectivity index (χ2v) is 3.33. The van der Waals surface area contributed by atoms with Crippen LogP contribution in [0.3, 0.4) is 0 Å². The van der Waals surface area contributed by atoms with Gasteiger partial charge < -0.3 is 16.2 Å². The Bertz CT molecular complexity index is 316. The minimum atomic E-state index is -1.15. The van der Waals surface area contributed by atoms with Crippen molar-refractivity contribution in [3.8, 4) is 0 Å². The molecule has 0 radical (unpaired) electrons. The first-order valence-corrected chi connectivity index (χ1v) is 4.72. The lowest BCUT2D eigenvalue weighted by Crippen LogP contribution is -2.38. The van der Waals surface area contributed by atoms with Gasteiger partial charge in [0.25, 0.3) is 0 Å². The average molecular weight is 209 g/mol. The minimum absolute atomic E-state index is 0.0210. The molecule has 15 heavy (non-hydrogen) atoms. The van der Waals surface area contributed by atoms with Crippen molar-refractivity contribution in [1.29, 1.82) is 0 Å². The van der Waals surface area contributed by atoms with Crippen LogP contribution in [0.1, 0.15) is 18.5 Å². The van der Waals surface area contributed by atoms with Gasteiger partial charge in [-0.25, -0.2) is 0 Å². The Morgan fingerprint density at radius 1 is 1.73 bits per heavy atom. The second-order valence-electron chi connectivity index (χ2n) is 3.33. The van der Waals surface area contributed by atoms with E-state index in [9.17, 15) is 4.79 Å². The number of carbonyl (C=O) groups is 1. The van der Waals surface area contributed by atoms with E-state index < -0.39 is 12.0 Å². The first-order chi connectivity index (χ1) is 7.11. The largest absolute Gasteiger partial charge is 0.382 e. The Kier molecular flexibility index (Phi) is 4.20. The smallest absolute Gasteiger partial charge is 0.247 e. The van der Waals surface area contributed by atoms with E-state index in [1.54, 1.807) is 12.4 Å². The average Bonchev–Trinajstić information content (AvgIpc) is 2.26. The van der Waals surface area contributed by atoms with Crippen LogP contribution in [0.25, 0.3) is 0 Å². The fourth-order valence-electron chi connectivity index (χ4n) is 1.14. The van der Waals surface area contributed by atoms with Crippen LogP contribution in [0.4, 0.5) is 0 Å². The third kappa shape index (κ3) is 3.65. The number of nitrogens with zero attached hydrogens (tertiary/aromatic N) is 1. The van der Waals surface area contributed by atoms with Crippen molar-refractivity contribution in [3.63, 3.8) is 0 Å². The molecule has 0 aromatic carbocycles. The number of amides is 1. The molecule has 1 aromatic heterocycles. The van der Waals surface area contributed by atoms with Gasteiger partial charge >= 0.3 is 0 Å². The van der Waals surface area contributed by atoms with Gasteiger partial charge in [0.1, 0.15) is 6.10 Å². The summed E-state index contributed by atoms with van der Waals surface area (Å²) in [6.45, 7) is 2.07. The fourth-order valence-corrected chi connectivity index (χ4v) is 1.14. The lowest BCUT2D eigenvalue weighted by atomic mass is 10.1. The van der Waals surface area contributed by atoms with Crippen molar-refractivity contribution in [2.45, 2.75) is 19.1 Å². The predicted octanol–water partition coefficient (Wildman–Crippen LogP) is -0.422. The van der Waals surface area contributed by atoms with Gasteiger partial charge in [-0.05, 0) is 18.6 Å². The molecular weight excluding hydrogens is 194 g/mol. The first-order valence-electron chi connectivity index (χ1n) is 4.72. The van der Waals surface area contributed by atoms with Gasteiger partial charge in [-0.15, -0.1) is 0 Å². The second kappa shape index (κ2) is 5.43. The van der Waals surface area contributed by atoms with Crippen LogP contribution in [0.2, 0.25) is 0 Å². The van der Waals surface area contributed by atoms with E-state index in [0.29, 0.717) is 0 Å². The molecule has 0 saturated carbocycles. The van der Waals surface area contributed by atoms with Gasteiger partial charge in [-0.1, -0.05) is 6.07 Å². The van der Waals surface area contributed by atoms with Crippen molar-refractivity contribution in [2.24, 2.45) is 5.73 Å².